The number of anilines is 1. The lowest BCUT2D eigenvalue weighted by atomic mass is 10.1. The first kappa shape index (κ1) is 14.7. The molecule has 0 bridgehead atoms. The standard InChI is InChI=1S/C13H16N2O4/c1-14-13(19)9-5-2-3-6-10(9)15-11(16)7-4-8-12(17)18/h2-3,5-6H,4,7-8H2,1H3,(H,14,19)(H,15,16)(H,17,18). The molecule has 3 N–H and O–H groups in total. The van der Waals surface area contributed by atoms with Gasteiger partial charge in [-0.05, 0) is 18.6 Å². The van der Waals surface area contributed by atoms with Gasteiger partial charge in [-0.15, -0.1) is 0 Å². The normalized spacial score (nSPS) is 9.74. The van der Waals surface area contributed by atoms with Crippen molar-refractivity contribution < 1.29 is 19.5 Å². The minimum absolute atomic E-state index is 0.0511. The largest absolute Gasteiger partial charge is 0.481 e. The maximum absolute atomic E-state index is 11.6. The highest BCUT2D eigenvalue weighted by atomic mass is 16.4. The fourth-order valence-electron chi connectivity index (χ4n) is 1.54. The maximum atomic E-state index is 11.6. The van der Waals surface area contributed by atoms with Crippen LogP contribution in [0.3, 0.4) is 0 Å². The Hall–Kier alpha value is -2.37. The molecular formula is C13H16N2O4. The zero-order valence-electron chi connectivity index (χ0n) is 10.6. The van der Waals surface area contributed by atoms with Crippen molar-refractivity contribution in [3.05, 3.63) is 29.8 Å². The van der Waals surface area contributed by atoms with E-state index in [9.17, 15) is 14.4 Å². The summed E-state index contributed by atoms with van der Waals surface area (Å²) in [5, 5.41) is 13.6. The topological polar surface area (TPSA) is 95.5 Å². The number of rotatable bonds is 6. The molecule has 102 valence electrons. The summed E-state index contributed by atoms with van der Waals surface area (Å²) in [5.41, 5.74) is 0.791. The Bertz CT molecular complexity index is 485. The Kier molecular flexibility index (Phi) is 5.53. The van der Waals surface area contributed by atoms with Crippen LogP contribution in [0, 0.1) is 0 Å². The molecule has 1 aromatic rings. The van der Waals surface area contributed by atoms with Crippen LogP contribution in [0.1, 0.15) is 29.6 Å². The van der Waals surface area contributed by atoms with E-state index in [1.807, 2.05) is 0 Å². The Morgan fingerprint density at radius 3 is 2.47 bits per heavy atom. The summed E-state index contributed by atoms with van der Waals surface area (Å²) in [6.07, 6.45) is 0.322. The average molecular weight is 264 g/mol. The third kappa shape index (κ3) is 4.79. The van der Waals surface area contributed by atoms with Crippen molar-refractivity contribution in [3.8, 4) is 0 Å². The van der Waals surface area contributed by atoms with Crippen LogP contribution in [0.15, 0.2) is 24.3 Å². The maximum Gasteiger partial charge on any atom is 0.303 e. The fraction of sp³-hybridized carbons (Fsp3) is 0.308. The van der Waals surface area contributed by atoms with Crippen molar-refractivity contribution in [2.45, 2.75) is 19.3 Å². The molecule has 0 radical (unpaired) electrons. The molecule has 6 heteroatoms. The third-order valence-electron chi connectivity index (χ3n) is 2.47. The number of hydrogen-bond donors (Lipinski definition) is 3. The van der Waals surface area contributed by atoms with Crippen molar-refractivity contribution in [2.24, 2.45) is 0 Å². The van der Waals surface area contributed by atoms with Crippen LogP contribution < -0.4 is 10.6 Å². The zero-order valence-corrected chi connectivity index (χ0v) is 10.6. The SMILES string of the molecule is CNC(=O)c1ccccc1NC(=O)CCCC(=O)O. The molecule has 0 saturated heterocycles. The number of carboxylic acids is 1. The molecule has 0 fully saturated rings. The van der Waals surface area contributed by atoms with Crippen molar-refractivity contribution >= 4 is 23.5 Å². The van der Waals surface area contributed by atoms with Gasteiger partial charge in [-0.1, -0.05) is 12.1 Å². The first-order valence-electron chi connectivity index (χ1n) is 5.87. The zero-order chi connectivity index (χ0) is 14.3. The Morgan fingerprint density at radius 1 is 1.16 bits per heavy atom. The summed E-state index contributed by atoms with van der Waals surface area (Å²) in [7, 11) is 1.51. The van der Waals surface area contributed by atoms with Gasteiger partial charge in [0.2, 0.25) is 5.91 Å². The van der Waals surface area contributed by atoms with Gasteiger partial charge in [0.15, 0.2) is 0 Å². The van der Waals surface area contributed by atoms with Crippen LogP contribution in [0.4, 0.5) is 5.69 Å². The van der Waals surface area contributed by atoms with Gasteiger partial charge in [0.1, 0.15) is 0 Å². The van der Waals surface area contributed by atoms with Crippen LogP contribution in [0.25, 0.3) is 0 Å². The summed E-state index contributed by atoms with van der Waals surface area (Å²) in [4.78, 5) is 33.5. The van der Waals surface area contributed by atoms with Crippen molar-refractivity contribution in [1.29, 1.82) is 0 Å². The second-order valence-electron chi connectivity index (χ2n) is 3.92. The molecule has 1 aromatic carbocycles. The number of aliphatic carboxylic acids is 1. The van der Waals surface area contributed by atoms with Gasteiger partial charge in [0.25, 0.3) is 5.91 Å². The van der Waals surface area contributed by atoms with Crippen molar-refractivity contribution in [1.82, 2.24) is 5.32 Å². The third-order valence-corrected chi connectivity index (χ3v) is 2.47. The molecule has 0 aliphatic rings. The summed E-state index contributed by atoms with van der Waals surface area (Å²) >= 11 is 0. The number of carbonyl (C=O) groups is 3. The lowest BCUT2D eigenvalue weighted by molar-refractivity contribution is -0.137. The predicted molar refractivity (Wildman–Crippen MR) is 69.9 cm³/mol. The lowest BCUT2D eigenvalue weighted by Crippen LogP contribution is -2.21. The second-order valence-corrected chi connectivity index (χ2v) is 3.92. The molecule has 0 spiro atoms. The fourth-order valence-corrected chi connectivity index (χ4v) is 1.54. The van der Waals surface area contributed by atoms with E-state index in [4.69, 9.17) is 5.11 Å². The molecule has 0 aliphatic carbocycles. The van der Waals surface area contributed by atoms with Crippen LogP contribution >= 0.6 is 0 Å². The van der Waals surface area contributed by atoms with Crippen LogP contribution in [-0.4, -0.2) is 29.9 Å². The minimum atomic E-state index is -0.932. The first-order chi connectivity index (χ1) is 9.04. The number of nitrogens with one attached hydrogen (secondary N) is 2. The molecule has 2 amide bonds. The van der Waals surface area contributed by atoms with Gasteiger partial charge in [-0.2, -0.15) is 0 Å². The van der Waals surface area contributed by atoms with E-state index >= 15 is 0 Å². The summed E-state index contributed by atoms with van der Waals surface area (Å²) in [6.45, 7) is 0. The highest BCUT2D eigenvalue weighted by molar-refractivity contribution is 6.03. The molecule has 1 rings (SSSR count). The van der Waals surface area contributed by atoms with Gasteiger partial charge in [-0.3, -0.25) is 14.4 Å². The number of hydrogen-bond acceptors (Lipinski definition) is 3. The van der Waals surface area contributed by atoms with E-state index in [1.54, 1.807) is 24.3 Å². The first-order valence-corrected chi connectivity index (χ1v) is 5.87. The predicted octanol–water partition coefficient (Wildman–Crippen LogP) is 1.24. The molecule has 6 nitrogen and oxygen atoms in total. The highest BCUT2D eigenvalue weighted by Gasteiger charge is 2.11. The number of amides is 2. The van der Waals surface area contributed by atoms with E-state index in [0.29, 0.717) is 11.3 Å². The second kappa shape index (κ2) is 7.15. The monoisotopic (exact) mass is 264 g/mol. The van der Waals surface area contributed by atoms with E-state index in [1.165, 1.54) is 7.05 Å². The van der Waals surface area contributed by atoms with E-state index < -0.39 is 5.97 Å². The van der Waals surface area contributed by atoms with E-state index in [-0.39, 0.29) is 31.1 Å². The number of benzene rings is 1. The molecule has 0 heterocycles. The average Bonchev–Trinajstić information content (AvgIpc) is 2.38. The quantitative estimate of drug-likeness (QED) is 0.720. The number of para-hydroxylation sites is 1. The molecule has 0 saturated carbocycles. The van der Waals surface area contributed by atoms with Gasteiger partial charge < -0.3 is 15.7 Å². The van der Waals surface area contributed by atoms with Gasteiger partial charge in [-0.25, -0.2) is 0 Å². The van der Waals surface area contributed by atoms with Gasteiger partial charge >= 0.3 is 5.97 Å². The molecule has 0 aliphatic heterocycles. The van der Waals surface area contributed by atoms with Crippen molar-refractivity contribution in [3.63, 3.8) is 0 Å². The molecule has 0 atom stereocenters. The van der Waals surface area contributed by atoms with Crippen LogP contribution in [0.2, 0.25) is 0 Å². The number of carboxylic acid groups (broad SMARTS) is 1. The molecule has 0 unspecified atom stereocenters. The van der Waals surface area contributed by atoms with E-state index in [2.05, 4.69) is 10.6 Å². The van der Waals surface area contributed by atoms with Gasteiger partial charge in [0.05, 0.1) is 11.3 Å². The lowest BCUT2D eigenvalue weighted by Gasteiger charge is -2.09. The summed E-state index contributed by atoms with van der Waals surface area (Å²) in [5.74, 6) is -1.53. The Morgan fingerprint density at radius 2 is 1.84 bits per heavy atom. The minimum Gasteiger partial charge on any atom is -0.481 e. The molecule has 0 aromatic heterocycles. The van der Waals surface area contributed by atoms with Crippen LogP contribution in [0.5, 0.6) is 0 Å². The van der Waals surface area contributed by atoms with Gasteiger partial charge in [0, 0.05) is 19.9 Å². The summed E-state index contributed by atoms with van der Waals surface area (Å²) in [6, 6.07) is 6.63. The Labute approximate surface area is 110 Å². The number of carbonyl (C=O) groups excluding carboxylic acids is 2. The smallest absolute Gasteiger partial charge is 0.303 e. The highest BCUT2D eigenvalue weighted by Crippen LogP contribution is 2.15. The molecule has 19 heavy (non-hydrogen) atoms. The van der Waals surface area contributed by atoms with Crippen molar-refractivity contribution in [2.75, 3.05) is 12.4 Å². The molecular weight excluding hydrogens is 248 g/mol. The Balaban J connectivity index is 2.64. The van der Waals surface area contributed by atoms with Crippen LogP contribution in [-0.2, 0) is 9.59 Å². The van der Waals surface area contributed by atoms with E-state index in [0.717, 1.165) is 0 Å². The summed E-state index contributed by atoms with van der Waals surface area (Å²) < 4.78 is 0.